The van der Waals surface area contributed by atoms with Gasteiger partial charge in [0, 0.05) is 11.8 Å². The molecule has 0 atom stereocenters. The van der Waals surface area contributed by atoms with Gasteiger partial charge >= 0.3 is 0 Å². The molecule has 4 rings (SSSR count). The maximum Gasteiger partial charge on any atom is 0.262 e. The van der Waals surface area contributed by atoms with Gasteiger partial charge < -0.3 is 14.5 Å². The van der Waals surface area contributed by atoms with Crippen molar-refractivity contribution in [3.05, 3.63) is 81.0 Å². The van der Waals surface area contributed by atoms with Crippen molar-refractivity contribution in [2.45, 2.75) is 13.8 Å². The van der Waals surface area contributed by atoms with Gasteiger partial charge in [0.1, 0.15) is 11.3 Å². The molecule has 0 bridgehead atoms. The van der Waals surface area contributed by atoms with E-state index >= 15 is 0 Å². The van der Waals surface area contributed by atoms with Crippen molar-refractivity contribution in [2.24, 2.45) is 0 Å². The van der Waals surface area contributed by atoms with Crippen LogP contribution in [0.5, 0.6) is 5.75 Å². The van der Waals surface area contributed by atoms with Crippen LogP contribution in [-0.4, -0.2) is 12.5 Å². The topological polar surface area (TPSA) is 68.5 Å². The number of anilines is 1. The Morgan fingerprint density at radius 3 is 2.55 bits per heavy atom. The fraction of sp³-hybridized carbons (Fsp3) is 0.130. The number of para-hydroxylation sites is 1. The minimum Gasteiger partial charge on any atom is -0.484 e. The van der Waals surface area contributed by atoms with E-state index in [1.165, 1.54) is 0 Å². The molecular formula is C23H18ClNO4. The Morgan fingerprint density at radius 1 is 1.03 bits per heavy atom. The van der Waals surface area contributed by atoms with Gasteiger partial charge in [-0.05, 0) is 61.4 Å². The summed E-state index contributed by atoms with van der Waals surface area (Å²) in [6, 6.07) is 15.7. The lowest BCUT2D eigenvalue weighted by atomic mass is 10.1. The first-order valence-corrected chi connectivity index (χ1v) is 9.44. The van der Waals surface area contributed by atoms with Crippen molar-refractivity contribution in [1.29, 1.82) is 0 Å². The molecule has 5 nitrogen and oxygen atoms in total. The van der Waals surface area contributed by atoms with Gasteiger partial charge in [0.25, 0.3) is 5.91 Å². The first-order valence-electron chi connectivity index (χ1n) is 9.07. The molecule has 0 spiro atoms. The van der Waals surface area contributed by atoms with Crippen LogP contribution in [0.3, 0.4) is 0 Å². The molecule has 0 aliphatic carbocycles. The quantitative estimate of drug-likeness (QED) is 0.470. The van der Waals surface area contributed by atoms with Crippen LogP contribution >= 0.6 is 11.6 Å². The number of nitrogens with one attached hydrogen (secondary N) is 1. The van der Waals surface area contributed by atoms with Crippen LogP contribution in [-0.2, 0) is 4.79 Å². The number of hydrogen-bond acceptors (Lipinski definition) is 4. The highest BCUT2D eigenvalue weighted by Crippen LogP contribution is 2.26. The van der Waals surface area contributed by atoms with Gasteiger partial charge in [0.15, 0.2) is 12.2 Å². The Bertz CT molecular complexity index is 1290. The molecule has 0 unspecified atom stereocenters. The third-order valence-electron chi connectivity index (χ3n) is 4.50. The second-order valence-electron chi connectivity index (χ2n) is 6.92. The Hall–Kier alpha value is -3.31. The van der Waals surface area contributed by atoms with E-state index in [0.717, 1.165) is 11.1 Å². The summed E-state index contributed by atoms with van der Waals surface area (Å²) in [4.78, 5) is 24.9. The Kier molecular flexibility index (Phi) is 4.99. The summed E-state index contributed by atoms with van der Waals surface area (Å²) in [6.45, 7) is 3.81. The lowest BCUT2D eigenvalue weighted by molar-refractivity contribution is -0.118. The predicted octanol–water partition coefficient (Wildman–Crippen LogP) is 5.23. The average molecular weight is 408 g/mol. The fourth-order valence-electron chi connectivity index (χ4n) is 3.28. The molecule has 1 amide bonds. The zero-order valence-corrected chi connectivity index (χ0v) is 16.7. The maximum absolute atomic E-state index is 12.7. The molecule has 6 heteroatoms. The van der Waals surface area contributed by atoms with Gasteiger partial charge in [-0.15, -0.1) is 0 Å². The van der Waals surface area contributed by atoms with Crippen LogP contribution in [0.1, 0.15) is 11.1 Å². The smallest absolute Gasteiger partial charge is 0.262 e. The van der Waals surface area contributed by atoms with Crippen LogP contribution < -0.4 is 15.5 Å². The van der Waals surface area contributed by atoms with Gasteiger partial charge in [-0.25, -0.2) is 0 Å². The number of carbonyl (C=O) groups excluding carboxylic acids is 1. The van der Waals surface area contributed by atoms with Crippen LogP contribution in [0.4, 0.5) is 5.69 Å². The Balaban J connectivity index is 1.56. The molecule has 29 heavy (non-hydrogen) atoms. The molecule has 4 aromatic rings. The summed E-state index contributed by atoms with van der Waals surface area (Å²) in [5.74, 6) is 0.327. The molecule has 146 valence electrons. The summed E-state index contributed by atoms with van der Waals surface area (Å²) < 4.78 is 11.4. The van der Waals surface area contributed by atoms with Gasteiger partial charge in [-0.2, -0.15) is 0 Å². The lowest BCUT2D eigenvalue weighted by Crippen LogP contribution is -2.20. The molecule has 0 radical (unpaired) electrons. The third kappa shape index (κ3) is 3.96. The number of fused-ring (bicyclic) bond motifs is 2. The van der Waals surface area contributed by atoms with Crippen molar-refractivity contribution >= 4 is 45.1 Å². The van der Waals surface area contributed by atoms with Crippen molar-refractivity contribution in [3.8, 4) is 5.75 Å². The van der Waals surface area contributed by atoms with Gasteiger partial charge in [-0.3, -0.25) is 9.59 Å². The maximum atomic E-state index is 12.7. The summed E-state index contributed by atoms with van der Waals surface area (Å²) in [5.41, 5.74) is 3.14. The molecule has 0 saturated carbocycles. The SMILES string of the molecule is Cc1cc(C)cc(OCC(=O)Nc2ccc3c(=O)c4cccc(Cl)c4oc3c2)c1. The van der Waals surface area contributed by atoms with E-state index in [1.54, 1.807) is 36.4 Å². The van der Waals surface area contributed by atoms with Crippen molar-refractivity contribution in [2.75, 3.05) is 11.9 Å². The molecule has 0 saturated heterocycles. The number of rotatable bonds is 4. The van der Waals surface area contributed by atoms with Crippen molar-refractivity contribution in [1.82, 2.24) is 0 Å². The molecule has 0 aliphatic rings. The van der Waals surface area contributed by atoms with Crippen LogP contribution in [0.15, 0.2) is 63.8 Å². The van der Waals surface area contributed by atoms with Gasteiger partial charge in [-0.1, -0.05) is 23.7 Å². The number of hydrogen-bond donors (Lipinski definition) is 1. The second-order valence-corrected chi connectivity index (χ2v) is 7.33. The number of halogens is 1. The standard InChI is InChI=1S/C23H18ClNO4/c1-13-8-14(2)10-16(9-13)28-12-21(26)25-15-6-7-17-20(11-15)29-23-18(22(17)27)4-3-5-19(23)24/h3-11H,12H2,1-2H3,(H,25,26). The predicted molar refractivity (Wildman–Crippen MR) is 115 cm³/mol. The van der Waals surface area contributed by atoms with Crippen LogP contribution in [0.25, 0.3) is 21.9 Å². The highest BCUT2D eigenvalue weighted by atomic mass is 35.5. The highest BCUT2D eigenvalue weighted by molar-refractivity contribution is 6.34. The number of carbonyl (C=O) groups is 1. The van der Waals surface area contributed by atoms with E-state index in [2.05, 4.69) is 5.32 Å². The van der Waals surface area contributed by atoms with E-state index < -0.39 is 0 Å². The molecule has 0 fully saturated rings. The van der Waals surface area contributed by atoms with Crippen LogP contribution in [0, 0.1) is 13.8 Å². The van der Waals surface area contributed by atoms with E-state index in [1.807, 2.05) is 32.0 Å². The highest BCUT2D eigenvalue weighted by Gasteiger charge is 2.12. The monoisotopic (exact) mass is 407 g/mol. The number of benzene rings is 3. The zero-order chi connectivity index (χ0) is 20.5. The third-order valence-corrected chi connectivity index (χ3v) is 4.80. The average Bonchev–Trinajstić information content (AvgIpc) is 2.67. The zero-order valence-electron chi connectivity index (χ0n) is 15.9. The molecule has 1 N–H and O–H groups in total. The molecular weight excluding hydrogens is 390 g/mol. The second kappa shape index (κ2) is 7.60. The first-order chi connectivity index (χ1) is 13.9. The van der Waals surface area contributed by atoms with Crippen molar-refractivity contribution in [3.63, 3.8) is 0 Å². The summed E-state index contributed by atoms with van der Waals surface area (Å²) in [5, 5.41) is 3.96. The number of ether oxygens (including phenoxy) is 1. The number of amides is 1. The molecule has 1 heterocycles. The molecule has 3 aromatic carbocycles. The summed E-state index contributed by atoms with van der Waals surface area (Å²) >= 11 is 6.16. The van der Waals surface area contributed by atoms with Gasteiger partial charge in [0.2, 0.25) is 5.43 Å². The summed E-state index contributed by atoms with van der Waals surface area (Å²) in [6.07, 6.45) is 0. The van der Waals surface area contributed by atoms with Crippen LogP contribution in [0.2, 0.25) is 5.02 Å². The minimum absolute atomic E-state index is 0.131. The Morgan fingerprint density at radius 2 is 1.79 bits per heavy atom. The summed E-state index contributed by atoms with van der Waals surface area (Å²) in [7, 11) is 0. The number of aryl methyl sites for hydroxylation is 2. The van der Waals surface area contributed by atoms with E-state index in [-0.39, 0.29) is 17.9 Å². The van der Waals surface area contributed by atoms with Gasteiger partial charge in [0.05, 0.1) is 15.8 Å². The molecule has 0 aliphatic heterocycles. The molecule has 1 aromatic heterocycles. The van der Waals surface area contributed by atoms with E-state index in [4.69, 9.17) is 20.8 Å². The van der Waals surface area contributed by atoms with E-state index in [9.17, 15) is 9.59 Å². The fourth-order valence-corrected chi connectivity index (χ4v) is 3.49. The lowest BCUT2D eigenvalue weighted by Gasteiger charge is -2.10. The Labute approximate surface area is 171 Å². The van der Waals surface area contributed by atoms with Crippen molar-refractivity contribution < 1.29 is 13.9 Å². The normalized spacial score (nSPS) is 11.0. The minimum atomic E-state index is -0.315. The van der Waals surface area contributed by atoms with E-state index in [0.29, 0.717) is 38.4 Å². The first kappa shape index (κ1) is 19.0. The largest absolute Gasteiger partial charge is 0.484 e.